The summed E-state index contributed by atoms with van der Waals surface area (Å²) < 4.78 is 0. The Bertz CT molecular complexity index is 718. The summed E-state index contributed by atoms with van der Waals surface area (Å²) in [7, 11) is 0. The van der Waals surface area contributed by atoms with Crippen molar-refractivity contribution < 1.29 is 4.79 Å². The molecule has 24 heavy (non-hydrogen) atoms. The molecular formula is C19H24N4O. The van der Waals surface area contributed by atoms with E-state index in [-0.39, 0.29) is 11.3 Å². The molecule has 5 aliphatic rings. The molecule has 6 rings (SSSR count). The molecule has 5 nitrogen and oxygen atoms in total. The second-order valence-corrected chi connectivity index (χ2v) is 8.45. The lowest BCUT2D eigenvalue weighted by Gasteiger charge is -2.56. The molecule has 0 atom stereocenters. The van der Waals surface area contributed by atoms with E-state index in [1.165, 1.54) is 43.5 Å². The van der Waals surface area contributed by atoms with Gasteiger partial charge in [-0.3, -0.25) is 4.79 Å². The van der Waals surface area contributed by atoms with Crippen LogP contribution in [-0.4, -0.2) is 11.6 Å². The number of anilines is 3. The molecule has 4 N–H and O–H groups in total. The van der Waals surface area contributed by atoms with Gasteiger partial charge in [-0.2, -0.15) is 10.1 Å². The Morgan fingerprint density at radius 1 is 1.04 bits per heavy atom. The van der Waals surface area contributed by atoms with Crippen LogP contribution in [0.4, 0.5) is 17.1 Å². The highest BCUT2D eigenvalue weighted by atomic mass is 16.2. The third-order valence-electron chi connectivity index (χ3n) is 6.71. The number of nitrogens with zero attached hydrogens (tertiary/aromatic N) is 2. The number of carbonyl (C=O) groups excluding carboxylic acids is 1. The van der Waals surface area contributed by atoms with E-state index >= 15 is 0 Å². The fraction of sp³-hybridized carbons (Fsp3) is 0.579. The minimum Gasteiger partial charge on any atom is -0.399 e. The van der Waals surface area contributed by atoms with Crippen LogP contribution in [0.3, 0.4) is 0 Å². The maximum Gasteiger partial charge on any atom is 0.253 e. The van der Waals surface area contributed by atoms with Gasteiger partial charge in [0.2, 0.25) is 0 Å². The van der Waals surface area contributed by atoms with Crippen molar-refractivity contribution in [1.82, 2.24) is 0 Å². The highest BCUT2D eigenvalue weighted by Crippen LogP contribution is 2.61. The molecule has 0 saturated heterocycles. The van der Waals surface area contributed by atoms with Crippen LogP contribution >= 0.6 is 0 Å². The van der Waals surface area contributed by atoms with Crippen LogP contribution in [0.25, 0.3) is 0 Å². The van der Waals surface area contributed by atoms with Crippen molar-refractivity contribution in [1.29, 1.82) is 0 Å². The lowest BCUT2D eigenvalue weighted by Crippen LogP contribution is -2.49. The number of carbonyl (C=O) groups is 1. The first-order chi connectivity index (χ1) is 11.5. The summed E-state index contributed by atoms with van der Waals surface area (Å²) in [6.07, 6.45) is 8.35. The topological polar surface area (TPSA) is 84.7 Å². The molecule has 4 aliphatic carbocycles. The van der Waals surface area contributed by atoms with E-state index in [9.17, 15) is 4.79 Å². The predicted octanol–water partition coefficient (Wildman–Crippen LogP) is 3.16. The Balaban J connectivity index is 1.50. The van der Waals surface area contributed by atoms with Crippen LogP contribution in [0.5, 0.6) is 0 Å². The van der Waals surface area contributed by atoms with Gasteiger partial charge in [0.15, 0.2) is 0 Å². The zero-order chi connectivity index (χ0) is 16.5. The Morgan fingerprint density at radius 2 is 1.67 bits per heavy atom. The van der Waals surface area contributed by atoms with E-state index in [1.54, 1.807) is 18.2 Å². The maximum atomic E-state index is 12.6. The van der Waals surface area contributed by atoms with Gasteiger partial charge >= 0.3 is 0 Å². The minimum atomic E-state index is 0.0391. The normalized spacial score (nSPS) is 37.2. The molecular weight excluding hydrogens is 300 g/mol. The molecule has 0 aromatic heterocycles. The summed E-state index contributed by atoms with van der Waals surface area (Å²) in [5.41, 5.74) is 14.9. The van der Waals surface area contributed by atoms with Crippen molar-refractivity contribution in [3.63, 3.8) is 0 Å². The van der Waals surface area contributed by atoms with Crippen LogP contribution < -0.4 is 16.5 Å². The Kier molecular flexibility index (Phi) is 2.83. The summed E-state index contributed by atoms with van der Waals surface area (Å²) >= 11 is 0. The number of rotatable bonds is 2. The first-order valence-electron chi connectivity index (χ1n) is 9.08. The van der Waals surface area contributed by atoms with Crippen LogP contribution in [0.2, 0.25) is 0 Å². The molecule has 1 aliphatic heterocycles. The fourth-order valence-electron chi connectivity index (χ4n) is 6.14. The third kappa shape index (κ3) is 2.00. The molecule has 1 aromatic carbocycles. The fourth-order valence-corrected chi connectivity index (χ4v) is 6.14. The van der Waals surface area contributed by atoms with Gasteiger partial charge < -0.3 is 11.5 Å². The molecule has 0 spiro atoms. The molecule has 1 aromatic rings. The van der Waals surface area contributed by atoms with Crippen molar-refractivity contribution in [3.8, 4) is 0 Å². The van der Waals surface area contributed by atoms with Crippen molar-refractivity contribution in [2.45, 2.75) is 44.9 Å². The van der Waals surface area contributed by atoms with Gasteiger partial charge in [0.1, 0.15) is 0 Å². The second-order valence-electron chi connectivity index (χ2n) is 8.45. The number of amides is 1. The Hall–Kier alpha value is -2.04. The first-order valence-corrected chi connectivity index (χ1v) is 9.08. The quantitative estimate of drug-likeness (QED) is 0.819. The Morgan fingerprint density at radius 3 is 2.25 bits per heavy atom. The van der Waals surface area contributed by atoms with Gasteiger partial charge in [0.05, 0.1) is 23.5 Å². The lowest BCUT2D eigenvalue weighted by molar-refractivity contribution is -0.117. The smallest absolute Gasteiger partial charge is 0.253 e. The van der Waals surface area contributed by atoms with E-state index in [0.29, 0.717) is 23.5 Å². The molecule has 126 valence electrons. The van der Waals surface area contributed by atoms with E-state index in [4.69, 9.17) is 16.6 Å². The zero-order valence-electron chi connectivity index (χ0n) is 13.9. The zero-order valence-corrected chi connectivity index (χ0v) is 13.9. The Labute approximate surface area is 142 Å². The van der Waals surface area contributed by atoms with Crippen LogP contribution in [0.15, 0.2) is 23.3 Å². The highest BCUT2D eigenvalue weighted by molar-refractivity contribution is 6.15. The molecule has 4 bridgehead atoms. The van der Waals surface area contributed by atoms with E-state index in [2.05, 4.69) is 0 Å². The average Bonchev–Trinajstić information content (AvgIpc) is 2.88. The number of hydrazone groups is 1. The number of hydrogen-bond acceptors (Lipinski definition) is 4. The number of benzene rings is 1. The van der Waals surface area contributed by atoms with Crippen molar-refractivity contribution >= 4 is 28.7 Å². The maximum absolute atomic E-state index is 12.6. The summed E-state index contributed by atoms with van der Waals surface area (Å²) in [6.45, 7) is 0. The minimum absolute atomic E-state index is 0.0391. The van der Waals surface area contributed by atoms with E-state index in [1.807, 2.05) is 0 Å². The van der Waals surface area contributed by atoms with Gasteiger partial charge in [-0.25, -0.2) is 0 Å². The monoisotopic (exact) mass is 324 g/mol. The predicted molar refractivity (Wildman–Crippen MR) is 95.4 cm³/mol. The second kappa shape index (κ2) is 4.74. The van der Waals surface area contributed by atoms with Crippen molar-refractivity contribution in [3.05, 3.63) is 18.2 Å². The number of nitrogens with two attached hydrogens (primary N) is 2. The van der Waals surface area contributed by atoms with Crippen LogP contribution in [-0.2, 0) is 4.79 Å². The molecule has 4 saturated carbocycles. The average molecular weight is 324 g/mol. The van der Waals surface area contributed by atoms with Crippen LogP contribution in [0, 0.1) is 23.2 Å². The van der Waals surface area contributed by atoms with Crippen molar-refractivity contribution in [2.24, 2.45) is 28.3 Å². The van der Waals surface area contributed by atoms with Gasteiger partial charge in [-0.1, -0.05) is 0 Å². The van der Waals surface area contributed by atoms with Crippen LogP contribution in [0.1, 0.15) is 44.9 Å². The highest BCUT2D eigenvalue weighted by Gasteiger charge is 2.54. The van der Waals surface area contributed by atoms with E-state index < -0.39 is 0 Å². The van der Waals surface area contributed by atoms with Gasteiger partial charge in [-0.15, -0.1) is 0 Å². The SMILES string of the molecule is Nc1ccc(N2N=C(C34CC5CC(CC(C5)C3)C4)CC2=O)c(N)c1. The summed E-state index contributed by atoms with van der Waals surface area (Å²) in [4.78, 5) is 12.6. The molecule has 5 heteroatoms. The number of nitrogen functional groups attached to an aromatic ring is 2. The molecule has 0 unspecified atom stereocenters. The summed E-state index contributed by atoms with van der Waals surface area (Å²) in [5.74, 6) is 2.59. The van der Waals surface area contributed by atoms with Gasteiger partial charge in [0, 0.05) is 11.1 Å². The standard InChI is InChI=1S/C19H24N4O/c20-14-1-2-16(15(21)6-14)23-18(24)7-17(22-23)19-8-11-3-12(9-19)5-13(4-11)10-19/h1-2,6,11-13H,3-5,7-10,20-21H2. The molecule has 1 heterocycles. The summed E-state index contributed by atoms with van der Waals surface area (Å²) in [6, 6.07) is 5.27. The van der Waals surface area contributed by atoms with Crippen molar-refractivity contribution in [2.75, 3.05) is 16.5 Å². The summed E-state index contributed by atoms with van der Waals surface area (Å²) in [5, 5.41) is 6.32. The molecule has 0 radical (unpaired) electrons. The number of hydrogen-bond donors (Lipinski definition) is 2. The van der Waals surface area contributed by atoms with Gasteiger partial charge in [0.25, 0.3) is 5.91 Å². The van der Waals surface area contributed by atoms with Gasteiger partial charge in [-0.05, 0) is 74.5 Å². The molecule has 1 amide bonds. The van der Waals surface area contributed by atoms with E-state index in [0.717, 1.165) is 23.5 Å². The third-order valence-corrected chi connectivity index (χ3v) is 6.71. The largest absolute Gasteiger partial charge is 0.399 e. The lowest BCUT2D eigenvalue weighted by atomic mass is 9.48. The first kappa shape index (κ1) is 14.3. The molecule has 4 fully saturated rings.